The predicted molar refractivity (Wildman–Crippen MR) is 85.8 cm³/mol. The highest BCUT2D eigenvalue weighted by molar-refractivity contribution is 7.18. The van der Waals surface area contributed by atoms with Crippen LogP contribution in [0.2, 0.25) is 0 Å². The molecule has 4 N–H and O–H groups in total. The quantitative estimate of drug-likeness (QED) is 0.714. The first-order valence-electron chi connectivity index (χ1n) is 7.25. The summed E-state index contributed by atoms with van der Waals surface area (Å²) in [4.78, 5) is 13.0. The SMILES string of the molecule is CC(C)C(=O)c1sc(NCc2cn[nH]c2)c(C2CC2)c1N. The van der Waals surface area contributed by atoms with Crippen LogP contribution in [0.15, 0.2) is 12.4 Å². The van der Waals surface area contributed by atoms with Crippen LogP contribution in [-0.4, -0.2) is 16.0 Å². The smallest absolute Gasteiger partial charge is 0.177 e. The van der Waals surface area contributed by atoms with Gasteiger partial charge in [-0.25, -0.2) is 0 Å². The van der Waals surface area contributed by atoms with Gasteiger partial charge in [-0.1, -0.05) is 13.8 Å². The molecule has 1 fully saturated rings. The van der Waals surface area contributed by atoms with Crippen molar-refractivity contribution in [2.24, 2.45) is 5.92 Å². The number of nitrogen functional groups attached to an aromatic ring is 1. The van der Waals surface area contributed by atoms with Crippen molar-refractivity contribution in [3.05, 3.63) is 28.4 Å². The maximum absolute atomic E-state index is 12.3. The molecule has 3 rings (SSSR count). The van der Waals surface area contributed by atoms with Gasteiger partial charge in [0.05, 0.1) is 21.8 Å². The van der Waals surface area contributed by atoms with Crippen LogP contribution in [0.1, 0.15) is 53.4 Å². The monoisotopic (exact) mass is 304 g/mol. The summed E-state index contributed by atoms with van der Waals surface area (Å²) in [6, 6.07) is 0. The molecule has 0 radical (unpaired) electrons. The summed E-state index contributed by atoms with van der Waals surface area (Å²) in [5, 5.41) is 11.2. The van der Waals surface area contributed by atoms with Gasteiger partial charge in [0.15, 0.2) is 5.78 Å². The summed E-state index contributed by atoms with van der Waals surface area (Å²) in [6.07, 6.45) is 5.98. The highest BCUT2D eigenvalue weighted by Gasteiger charge is 2.33. The van der Waals surface area contributed by atoms with Crippen molar-refractivity contribution in [1.29, 1.82) is 0 Å². The lowest BCUT2D eigenvalue weighted by Crippen LogP contribution is -2.08. The molecule has 0 amide bonds. The Morgan fingerprint density at radius 1 is 1.57 bits per heavy atom. The molecule has 0 atom stereocenters. The van der Waals surface area contributed by atoms with E-state index >= 15 is 0 Å². The number of hydrogen-bond acceptors (Lipinski definition) is 5. The Morgan fingerprint density at radius 3 is 2.90 bits per heavy atom. The highest BCUT2D eigenvalue weighted by atomic mass is 32.1. The van der Waals surface area contributed by atoms with Gasteiger partial charge < -0.3 is 11.1 Å². The second kappa shape index (κ2) is 5.52. The van der Waals surface area contributed by atoms with Gasteiger partial charge in [-0.3, -0.25) is 9.89 Å². The van der Waals surface area contributed by atoms with Gasteiger partial charge in [-0.05, 0) is 18.8 Å². The van der Waals surface area contributed by atoms with Gasteiger partial charge in [0.25, 0.3) is 0 Å². The van der Waals surface area contributed by atoms with E-state index in [1.165, 1.54) is 11.3 Å². The summed E-state index contributed by atoms with van der Waals surface area (Å²) in [6.45, 7) is 4.51. The van der Waals surface area contributed by atoms with Crippen LogP contribution < -0.4 is 11.1 Å². The standard InChI is InChI=1S/C15H20N4OS/c1-8(2)13(20)14-12(16)11(10-3-4-10)15(21-14)17-5-9-6-18-19-7-9/h6-8,10,17H,3-5,16H2,1-2H3,(H,18,19). The van der Waals surface area contributed by atoms with Gasteiger partial charge in [0.2, 0.25) is 0 Å². The fourth-order valence-electron chi connectivity index (χ4n) is 2.37. The Kier molecular flexibility index (Phi) is 3.71. The molecule has 1 aliphatic rings. The number of nitrogens with two attached hydrogens (primary N) is 1. The predicted octanol–water partition coefficient (Wildman–Crippen LogP) is 3.38. The van der Waals surface area contributed by atoms with E-state index < -0.39 is 0 Å². The lowest BCUT2D eigenvalue weighted by atomic mass is 10.0. The number of aromatic nitrogens is 2. The molecule has 0 saturated heterocycles. The first-order valence-corrected chi connectivity index (χ1v) is 8.07. The van der Waals surface area contributed by atoms with E-state index in [2.05, 4.69) is 15.5 Å². The number of Topliss-reactive ketones (excluding diaryl/α,β-unsaturated/α-hetero) is 1. The van der Waals surface area contributed by atoms with Crippen molar-refractivity contribution < 1.29 is 4.79 Å². The molecule has 21 heavy (non-hydrogen) atoms. The van der Waals surface area contributed by atoms with Crippen molar-refractivity contribution in [3.63, 3.8) is 0 Å². The Balaban J connectivity index is 1.87. The van der Waals surface area contributed by atoms with Gasteiger partial charge in [-0.2, -0.15) is 5.10 Å². The fraction of sp³-hybridized carbons (Fsp3) is 0.467. The van der Waals surface area contributed by atoms with E-state index in [4.69, 9.17) is 5.73 Å². The molecule has 0 bridgehead atoms. The average Bonchev–Trinajstić information content (AvgIpc) is 3.04. The van der Waals surface area contributed by atoms with Crippen molar-refractivity contribution in [3.8, 4) is 0 Å². The molecule has 112 valence electrons. The largest absolute Gasteiger partial charge is 0.397 e. The zero-order chi connectivity index (χ0) is 15.0. The number of hydrogen-bond donors (Lipinski definition) is 3. The summed E-state index contributed by atoms with van der Waals surface area (Å²) in [7, 11) is 0. The normalized spacial score (nSPS) is 14.6. The van der Waals surface area contributed by atoms with E-state index in [1.807, 2.05) is 20.0 Å². The first kappa shape index (κ1) is 14.1. The van der Waals surface area contributed by atoms with Crippen LogP contribution in [-0.2, 0) is 6.54 Å². The minimum atomic E-state index is -0.0280. The molecule has 2 aromatic heterocycles. The van der Waals surface area contributed by atoms with Crippen LogP contribution >= 0.6 is 11.3 Å². The Hall–Kier alpha value is -1.82. The van der Waals surface area contributed by atoms with Crippen molar-refractivity contribution in [2.75, 3.05) is 11.1 Å². The molecule has 0 spiro atoms. The van der Waals surface area contributed by atoms with E-state index in [-0.39, 0.29) is 11.7 Å². The Bertz CT molecular complexity index is 641. The average molecular weight is 304 g/mol. The molecule has 5 nitrogen and oxygen atoms in total. The Labute approximate surface area is 127 Å². The zero-order valence-corrected chi connectivity index (χ0v) is 13.1. The van der Waals surface area contributed by atoms with E-state index in [0.29, 0.717) is 23.0 Å². The molecule has 6 heteroatoms. The van der Waals surface area contributed by atoms with E-state index in [9.17, 15) is 4.79 Å². The number of rotatable bonds is 6. The third-order valence-corrected chi connectivity index (χ3v) is 4.92. The van der Waals surface area contributed by atoms with Crippen molar-refractivity contribution >= 4 is 27.8 Å². The highest BCUT2D eigenvalue weighted by Crippen LogP contribution is 2.51. The van der Waals surface area contributed by atoms with Crippen LogP contribution in [0.5, 0.6) is 0 Å². The minimum absolute atomic E-state index is 0.0280. The lowest BCUT2D eigenvalue weighted by molar-refractivity contribution is 0.0944. The molecule has 2 aromatic rings. The number of H-pyrrole nitrogens is 1. The first-order chi connectivity index (χ1) is 10.1. The third kappa shape index (κ3) is 2.81. The molecule has 0 unspecified atom stereocenters. The topological polar surface area (TPSA) is 83.8 Å². The number of aromatic amines is 1. The van der Waals surface area contributed by atoms with Crippen molar-refractivity contribution in [1.82, 2.24) is 10.2 Å². The second-order valence-corrected chi connectivity index (χ2v) is 6.86. The molecule has 0 aromatic carbocycles. The lowest BCUT2D eigenvalue weighted by Gasteiger charge is -2.06. The molecular formula is C15H20N4OS. The van der Waals surface area contributed by atoms with Gasteiger partial charge in [-0.15, -0.1) is 11.3 Å². The molecule has 0 aliphatic heterocycles. The van der Waals surface area contributed by atoms with Gasteiger partial charge >= 0.3 is 0 Å². The molecule has 1 aliphatic carbocycles. The third-order valence-electron chi connectivity index (χ3n) is 3.73. The Morgan fingerprint density at radius 2 is 2.33 bits per heavy atom. The minimum Gasteiger partial charge on any atom is -0.397 e. The number of carbonyl (C=O) groups excluding carboxylic acids is 1. The van der Waals surface area contributed by atoms with Crippen LogP contribution in [0, 0.1) is 5.92 Å². The van der Waals surface area contributed by atoms with Crippen LogP contribution in [0.3, 0.4) is 0 Å². The summed E-state index contributed by atoms with van der Waals surface area (Å²) >= 11 is 1.50. The summed E-state index contributed by atoms with van der Waals surface area (Å²) in [5.74, 6) is 0.622. The van der Waals surface area contributed by atoms with Gasteiger partial charge in [0, 0.05) is 29.8 Å². The molecule has 1 saturated carbocycles. The summed E-state index contributed by atoms with van der Waals surface area (Å²) in [5.41, 5.74) is 9.18. The maximum atomic E-state index is 12.3. The van der Waals surface area contributed by atoms with Crippen LogP contribution in [0.4, 0.5) is 10.7 Å². The molecular weight excluding hydrogens is 284 g/mol. The van der Waals surface area contributed by atoms with E-state index in [1.54, 1.807) is 6.20 Å². The zero-order valence-electron chi connectivity index (χ0n) is 12.3. The second-order valence-electron chi connectivity index (χ2n) is 5.84. The number of nitrogens with one attached hydrogen (secondary N) is 2. The number of thiophene rings is 1. The maximum Gasteiger partial charge on any atom is 0.177 e. The molecule has 2 heterocycles. The van der Waals surface area contributed by atoms with Crippen LogP contribution in [0.25, 0.3) is 0 Å². The number of nitrogens with zero attached hydrogens (tertiary/aromatic N) is 1. The number of anilines is 2. The number of carbonyl (C=O) groups is 1. The van der Waals surface area contributed by atoms with Crippen molar-refractivity contribution in [2.45, 2.75) is 39.2 Å². The van der Waals surface area contributed by atoms with E-state index in [0.717, 1.165) is 29.0 Å². The number of ketones is 1. The summed E-state index contributed by atoms with van der Waals surface area (Å²) < 4.78 is 0. The fourth-order valence-corrected chi connectivity index (χ4v) is 3.66. The van der Waals surface area contributed by atoms with Gasteiger partial charge in [0.1, 0.15) is 0 Å².